The van der Waals surface area contributed by atoms with Gasteiger partial charge in [-0.05, 0) is 22.3 Å². The molecule has 2 aromatic carbocycles. The number of amides is 1. The van der Waals surface area contributed by atoms with Crippen LogP contribution in [0.3, 0.4) is 0 Å². The highest BCUT2D eigenvalue weighted by Crippen LogP contribution is 2.44. The zero-order valence-electron chi connectivity index (χ0n) is 13.1. The summed E-state index contributed by atoms with van der Waals surface area (Å²) in [6, 6.07) is 16.0. The van der Waals surface area contributed by atoms with Crippen LogP contribution in [0.2, 0.25) is 0 Å². The second-order valence-electron chi connectivity index (χ2n) is 5.42. The van der Waals surface area contributed by atoms with Crippen molar-refractivity contribution >= 4 is 12.1 Å². The molecule has 124 valence electrons. The van der Waals surface area contributed by atoms with E-state index >= 15 is 0 Å². The van der Waals surface area contributed by atoms with Crippen molar-refractivity contribution < 1.29 is 24.3 Å². The van der Waals surface area contributed by atoms with Crippen molar-refractivity contribution in [2.75, 3.05) is 20.3 Å². The van der Waals surface area contributed by atoms with Gasteiger partial charge in [-0.1, -0.05) is 48.5 Å². The second kappa shape index (κ2) is 6.72. The Bertz CT molecular complexity index is 728. The number of fused-ring (bicyclic) bond motifs is 3. The van der Waals surface area contributed by atoms with Crippen LogP contribution >= 0.6 is 0 Å². The summed E-state index contributed by atoms with van der Waals surface area (Å²) < 4.78 is 5.29. The Kier molecular flexibility index (Phi) is 4.48. The van der Waals surface area contributed by atoms with Crippen LogP contribution in [0.5, 0.6) is 0 Å². The topological polar surface area (TPSA) is 76.1 Å². The van der Waals surface area contributed by atoms with E-state index in [2.05, 4.69) is 0 Å². The number of aliphatic carboxylic acids is 1. The van der Waals surface area contributed by atoms with E-state index in [1.165, 1.54) is 7.11 Å². The zero-order valence-corrected chi connectivity index (χ0v) is 13.1. The fraction of sp³-hybridized carbons (Fsp3) is 0.222. The number of ether oxygens (including phenoxy) is 1. The Labute approximate surface area is 139 Å². The molecule has 1 aliphatic rings. The van der Waals surface area contributed by atoms with Gasteiger partial charge in [-0.15, -0.1) is 0 Å². The first-order valence-electron chi connectivity index (χ1n) is 7.50. The summed E-state index contributed by atoms with van der Waals surface area (Å²) in [6.45, 7) is -0.459. The molecule has 24 heavy (non-hydrogen) atoms. The lowest BCUT2D eigenvalue weighted by Gasteiger charge is -2.19. The number of carbonyl (C=O) groups is 2. The van der Waals surface area contributed by atoms with Gasteiger partial charge in [-0.25, -0.2) is 4.79 Å². The third kappa shape index (κ3) is 2.96. The molecule has 1 amide bonds. The number of benzene rings is 2. The largest absolute Gasteiger partial charge is 0.480 e. The molecule has 0 spiro atoms. The summed E-state index contributed by atoms with van der Waals surface area (Å²) >= 11 is 0. The van der Waals surface area contributed by atoms with E-state index < -0.39 is 18.6 Å². The van der Waals surface area contributed by atoms with Crippen LogP contribution in [-0.2, 0) is 14.4 Å². The average Bonchev–Trinajstić information content (AvgIpc) is 2.91. The SMILES string of the molecule is CON(CC(=O)O)C(=O)OCC1c2ccccc2-c2ccccc21. The van der Waals surface area contributed by atoms with Gasteiger partial charge in [0.1, 0.15) is 13.2 Å². The number of carbonyl (C=O) groups excluding carboxylic acids is 1. The molecule has 0 radical (unpaired) electrons. The van der Waals surface area contributed by atoms with Crippen LogP contribution in [0.15, 0.2) is 48.5 Å². The lowest BCUT2D eigenvalue weighted by Crippen LogP contribution is -2.35. The molecule has 0 bridgehead atoms. The van der Waals surface area contributed by atoms with Gasteiger partial charge >= 0.3 is 12.1 Å². The lowest BCUT2D eigenvalue weighted by molar-refractivity contribution is -0.155. The summed E-state index contributed by atoms with van der Waals surface area (Å²) in [5, 5.41) is 9.45. The van der Waals surface area contributed by atoms with Crippen molar-refractivity contribution in [1.82, 2.24) is 5.06 Å². The van der Waals surface area contributed by atoms with Gasteiger partial charge in [0.05, 0.1) is 7.11 Å². The lowest BCUT2D eigenvalue weighted by atomic mass is 9.98. The maximum Gasteiger partial charge on any atom is 0.434 e. The quantitative estimate of drug-likeness (QED) is 0.855. The number of hydroxylamine groups is 2. The first-order valence-corrected chi connectivity index (χ1v) is 7.50. The van der Waals surface area contributed by atoms with Gasteiger partial charge in [0.15, 0.2) is 0 Å². The third-order valence-corrected chi connectivity index (χ3v) is 4.04. The van der Waals surface area contributed by atoms with E-state index in [0.29, 0.717) is 5.06 Å². The van der Waals surface area contributed by atoms with Crippen molar-refractivity contribution in [2.45, 2.75) is 5.92 Å². The minimum atomic E-state index is -1.18. The highest BCUT2D eigenvalue weighted by Gasteiger charge is 2.30. The van der Waals surface area contributed by atoms with Gasteiger partial charge in [0.25, 0.3) is 0 Å². The summed E-state index contributed by atoms with van der Waals surface area (Å²) in [6.07, 6.45) is -0.818. The van der Waals surface area contributed by atoms with E-state index in [4.69, 9.17) is 14.7 Å². The van der Waals surface area contributed by atoms with Gasteiger partial charge in [-0.2, -0.15) is 5.06 Å². The number of rotatable bonds is 5. The summed E-state index contributed by atoms with van der Waals surface area (Å²) in [7, 11) is 1.23. The Hall–Kier alpha value is -2.86. The second-order valence-corrected chi connectivity index (χ2v) is 5.42. The highest BCUT2D eigenvalue weighted by atomic mass is 16.7. The first kappa shape index (κ1) is 16.0. The number of hydrogen-bond donors (Lipinski definition) is 1. The monoisotopic (exact) mass is 327 g/mol. The van der Waals surface area contributed by atoms with Gasteiger partial charge < -0.3 is 9.84 Å². The smallest absolute Gasteiger partial charge is 0.434 e. The molecular formula is C18H17NO5. The molecule has 0 aromatic heterocycles. The fourth-order valence-corrected chi connectivity index (χ4v) is 2.99. The van der Waals surface area contributed by atoms with Crippen LogP contribution < -0.4 is 0 Å². The van der Waals surface area contributed by atoms with E-state index in [9.17, 15) is 9.59 Å². The van der Waals surface area contributed by atoms with Crippen LogP contribution in [-0.4, -0.2) is 42.5 Å². The maximum atomic E-state index is 12.0. The predicted octanol–water partition coefficient (Wildman–Crippen LogP) is 2.88. The molecule has 1 aliphatic carbocycles. The van der Waals surface area contributed by atoms with E-state index in [1.807, 2.05) is 48.5 Å². The minimum Gasteiger partial charge on any atom is -0.480 e. The zero-order chi connectivity index (χ0) is 17.1. The van der Waals surface area contributed by atoms with Gasteiger partial charge in [0.2, 0.25) is 0 Å². The van der Waals surface area contributed by atoms with E-state index in [0.717, 1.165) is 22.3 Å². The molecule has 0 heterocycles. The van der Waals surface area contributed by atoms with Crippen molar-refractivity contribution in [2.24, 2.45) is 0 Å². The number of nitrogens with zero attached hydrogens (tertiary/aromatic N) is 1. The van der Waals surface area contributed by atoms with Crippen molar-refractivity contribution in [3.8, 4) is 11.1 Å². The van der Waals surface area contributed by atoms with Gasteiger partial charge in [-0.3, -0.25) is 9.63 Å². The van der Waals surface area contributed by atoms with Crippen molar-refractivity contribution in [3.63, 3.8) is 0 Å². The molecule has 0 saturated heterocycles. The van der Waals surface area contributed by atoms with Crippen LogP contribution in [0.4, 0.5) is 4.79 Å². The number of hydrogen-bond acceptors (Lipinski definition) is 4. The predicted molar refractivity (Wildman–Crippen MR) is 86.4 cm³/mol. The minimum absolute atomic E-state index is 0.0788. The molecule has 1 N–H and O–H groups in total. The molecule has 6 heteroatoms. The third-order valence-electron chi connectivity index (χ3n) is 4.04. The Morgan fingerprint density at radius 2 is 1.58 bits per heavy atom. The highest BCUT2D eigenvalue weighted by molar-refractivity contribution is 5.79. The molecule has 6 nitrogen and oxygen atoms in total. The summed E-state index contributed by atoms with van der Waals surface area (Å²) in [4.78, 5) is 27.5. The standard InChI is InChI=1S/C18H17NO5/c1-23-19(10-17(20)21)18(22)24-11-16-14-8-4-2-6-12(14)13-7-3-5-9-15(13)16/h2-9,16H,10-11H2,1H3,(H,20,21). The average molecular weight is 327 g/mol. The van der Waals surface area contributed by atoms with Gasteiger partial charge in [0, 0.05) is 5.92 Å². The fourth-order valence-electron chi connectivity index (χ4n) is 2.99. The molecular weight excluding hydrogens is 310 g/mol. The van der Waals surface area contributed by atoms with E-state index in [-0.39, 0.29) is 12.5 Å². The van der Waals surface area contributed by atoms with Crippen molar-refractivity contribution in [1.29, 1.82) is 0 Å². The van der Waals surface area contributed by atoms with Crippen LogP contribution in [0.25, 0.3) is 11.1 Å². The Morgan fingerprint density at radius 1 is 1.04 bits per heavy atom. The molecule has 2 aromatic rings. The molecule has 0 saturated carbocycles. The molecule has 0 atom stereocenters. The first-order chi connectivity index (χ1) is 11.6. The molecule has 3 rings (SSSR count). The summed E-state index contributed by atoms with van der Waals surface area (Å²) in [5.74, 6) is -1.25. The molecule has 0 unspecified atom stereocenters. The number of carboxylic acids is 1. The normalized spacial score (nSPS) is 12.4. The number of carboxylic acid groups (broad SMARTS) is 1. The summed E-state index contributed by atoms with van der Waals surface area (Å²) in [5.41, 5.74) is 4.44. The van der Waals surface area contributed by atoms with Crippen molar-refractivity contribution in [3.05, 3.63) is 59.7 Å². The maximum absolute atomic E-state index is 12.0. The van der Waals surface area contributed by atoms with Crippen LogP contribution in [0, 0.1) is 0 Å². The molecule has 0 fully saturated rings. The van der Waals surface area contributed by atoms with E-state index in [1.54, 1.807) is 0 Å². The molecule has 0 aliphatic heterocycles. The Balaban J connectivity index is 1.78. The Morgan fingerprint density at radius 3 is 2.08 bits per heavy atom. The van der Waals surface area contributed by atoms with Crippen LogP contribution in [0.1, 0.15) is 17.0 Å².